The lowest BCUT2D eigenvalue weighted by Gasteiger charge is -2.18. The summed E-state index contributed by atoms with van der Waals surface area (Å²) >= 11 is 0. The quantitative estimate of drug-likeness (QED) is 0.849. The number of benzene rings is 1. The van der Waals surface area contributed by atoms with Crippen molar-refractivity contribution in [3.05, 3.63) is 46.5 Å². The molecule has 5 heteroatoms. The highest BCUT2D eigenvalue weighted by atomic mass is 16.4. The number of aliphatic carboxylic acids is 1. The lowest BCUT2D eigenvalue weighted by atomic mass is 10.1. The first-order valence-corrected chi connectivity index (χ1v) is 6.02. The van der Waals surface area contributed by atoms with Gasteiger partial charge in [-0.3, -0.25) is 4.79 Å². The zero-order valence-corrected chi connectivity index (χ0v) is 11.7. The molecule has 104 valence electrons. The van der Waals surface area contributed by atoms with E-state index >= 15 is 0 Å². The average molecular weight is 272 g/mol. The Labute approximate surface area is 117 Å². The number of carboxylic acid groups (broad SMARTS) is 1. The molecule has 20 heavy (non-hydrogen) atoms. The second-order valence-electron chi connectivity index (χ2n) is 4.53. The van der Waals surface area contributed by atoms with Crippen LogP contribution in [-0.4, -0.2) is 28.9 Å². The minimum absolute atomic E-state index is 0.0348. The van der Waals surface area contributed by atoms with Crippen LogP contribution in [-0.2, 0) is 16.1 Å². The van der Waals surface area contributed by atoms with Gasteiger partial charge in [-0.25, -0.2) is 4.79 Å². The molecule has 0 saturated heterocycles. The van der Waals surface area contributed by atoms with Crippen LogP contribution in [0, 0.1) is 11.3 Å². The molecule has 0 bridgehead atoms. The van der Waals surface area contributed by atoms with Crippen LogP contribution in [0.3, 0.4) is 0 Å². The lowest BCUT2D eigenvalue weighted by Crippen LogP contribution is -2.28. The zero-order chi connectivity index (χ0) is 15.3. The van der Waals surface area contributed by atoms with Gasteiger partial charge >= 0.3 is 5.97 Å². The predicted molar refractivity (Wildman–Crippen MR) is 73.6 cm³/mol. The van der Waals surface area contributed by atoms with Crippen molar-refractivity contribution in [2.75, 3.05) is 7.05 Å². The molecule has 0 spiro atoms. The summed E-state index contributed by atoms with van der Waals surface area (Å²) in [6.07, 6.45) is 0. The molecule has 0 atom stereocenters. The van der Waals surface area contributed by atoms with Crippen LogP contribution in [0.15, 0.2) is 35.4 Å². The highest BCUT2D eigenvalue weighted by Crippen LogP contribution is 2.11. The molecule has 0 aliphatic carbocycles. The van der Waals surface area contributed by atoms with Crippen molar-refractivity contribution in [1.82, 2.24) is 4.90 Å². The number of carbonyl (C=O) groups is 2. The summed E-state index contributed by atoms with van der Waals surface area (Å²) in [4.78, 5) is 24.4. The Balaban J connectivity index is 2.89. The van der Waals surface area contributed by atoms with E-state index in [2.05, 4.69) is 0 Å². The van der Waals surface area contributed by atoms with Crippen LogP contribution in [0.2, 0.25) is 0 Å². The second-order valence-corrected chi connectivity index (χ2v) is 4.53. The van der Waals surface area contributed by atoms with Gasteiger partial charge in [-0.05, 0) is 31.5 Å². The van der Waals surface area contributed by atoms with E-state index < -0.39 is 5.97 Å². The normalized spacial score (nSPS) is 11.3. The van der Waals surface area contributed by atoms with Gasteiger partial charge in [0.15, 0.2) is 0 Å². The fourth-order valence-electron chi connectivity index (χ4n) is 1.69. The fraction of sp³-hybridized carbons (Fsp3) is 0.267. The SMILES string of the molecule is CC(C(=O)O)=C(C)C(=O)N(C)Cc1cccc(C#N)c1. The minimum Gasteiger partial charge on any atom is -0.478 e. The number of nitrogens with zero attached hydrogens (tertiary/aromatic N) is 2. The second kappa shape index (κ2) is 6.53. The van der Waals surface area contributed by atoms with E-state index in [1.807, 2.05) is 12.1 Å². The number of rotatable bonds is 4. The van der Waals surface area contributed by atoms with Crippen molar-refractivity contribution in [3.63, 3.8) is 0 Å². The minimum atomic E-state index is -1.10. The third kappa shape index (κ3) is 3.69. The Morgan fingerprint density at radius 3 is 2.50 bits per heavy atom. The molecule has 1 amide bonds. The van der Waals surface area contributed by atoms with Crippen LogP contribution in [0.4, 0.5) is 0 Å². The molecule has 1 rings (SSSR count). The van der Waals surface area contributed by atoms with E-state index in [-0.39, 0.29) is 17.1 Å². The van der Waals surface area contributed by atoms with Gasteiger partial charge in [-0.1, -0.05) is 12.1 Å². The van der Waals surface area contributed by atoms with Gasteiger partial charge in [0.1, 0.15) is 0 Å². The number of likely N-dealkylation sites (N-methyl/N-ethyl adjacent to an activating group) is 1. The third-order valence-corrected chi connectivity index (χ3v) is 3.03. The standard InChI is InChI=1S/C15H16N2O3/c1-10(11(2)15(19)20)14(18)17(3)9-13-6-4-5-12(7-13)8-16/h4-7H,9H2,1-3H3,(H,19,20). The summed E-state index contributed by atoms with van der Waals surface area (Å²) in [5.74, 6) is -1.44. The number of carboxylic acids is 1. The van der Waals surface area contributed by atoms with Gasteiger partial charge in [-0.15, -0.1) is 0 Å². The summed E-state index contributed by atoms with van der Waals surface area (Å²) in [7, 11) is 1.60. The van der Waals surface area contributed by atoms with Gasteiger partial charge in [0.25, 0.3) is 0 Å². The molecule has 0 fully saturated rings. The van der Waals surface area contributed by atoms with E-state index in [1.165, 1.54) is 18.7 Å². The van der Waals surface area contributed by atoms with Crippen molar-refractivity contribution in [2.45, 2.75) is 20.4 Å². The van der Waals surface area contributed by atoms with Crippen molar-refractivity contribution >= 4 is 11.9 Å². The Morgan fingerprint density at radius 2 is 1.95 bits per heavy atom. The molecule has 0 radical (unpaired) electrons. The van der Waals surface area contributed by atoms with E-state index in [9.17, 15) is 9.59 Å². The van der Waals surface area contributed by atoms with Crippen LogP contribution in [0.1, 0.15) is 25.0 Å². The van der Waals surface area contributed by atoms with Gasteiger partial charge in [0.2, 0.25) is 5.91 Å². The lowest BCUT2D eigenvalue weighted by molar-refractivity contribution is -0.133. The number of hydrogen-bond acceptors (Lipinski definition) is 3. The summed E-state index contributed by atoms with van der Waals surface area (Å²) in [6, 6.07) is 8.98. The molecule has 0 aliphatic heterocycles. The van der Waals surface area contributed by atoms with Crippen LogP contribution >= 0.6 is 0 Å². The molecule has 5 nitrogen and oxygen atoms in total. The topological polar surface area (TPSA) is 81.4 Å². The number of nitriles is 1. The van der Waals surface area contributed by atoms with E-state index in [4.69, 9.17) is 10.4 Å². The van der Waals surface area contributed by atoms with E-state index in [1.54, 1.807) is 25.2 Å². The van der Waals surface area contributed by atoms with Gasteiger partial charge in [0, 0.05) is 24.7 Å². The fourth-order valence-corrected chi connectivity index (χ4v) is 1.69. The Morgan fingerprint density at radius 1 is 1.30 bits per heavy atom. The van der Waals surface area contributed by atoms with Crippen LogP contribution in [0.25, 0.3) is 0 Å². The summed E-state index contributed by atoms with van der Waals surface area (Å²) in [6.45, 7) is 3.21. The third-order valence-electron chi connectivity index (χ3n) is 3.03. The Hall–Kier alpha value is -2.61. The summed E-state index contributed by atoms with van der Waals surface area (Å²) < 4.78 is 0. The molecule has 1 N–H and O–H groups in total. The van der Waals surface area contributed by atoms with Gasteiger partial charge in [0.05, 0.1) is 11.6 Å². The maximum atomic E-state index is 12.1. The molecule has 0 saturated carbocycles. The largest absolute Gasteiger partial charge is 0.478 e. The molecular formula is C15H16N2O3. The molecule has 0 aromatic heterocycles. The van der Waals surface area contributed by atoms with Gasteiger partial charge in [-0.2, -0.15) is 5.26 Å². The number of amides is 1. The van der Waals surface area contributed by atoms with Crippen LogP contribution in [0.5, 0.6) is 0 Å². The van der Waals surface area contributed by atoms with Gasteiger partial charge < -0.3 is 10.0 Å². The monoisotopic (exact) mass is 272 g/mol. The van der Waals surface area contributed by atoms with Crippen molar-refractivity contribution in [1.29, 1.82) is 5.26 Å². The predicted octanol–water partition coefficient (Wildman–Crippen LogP) is 1.94. The van der Waals surface area contributed by atoms with Crippen molar-refractivity contribution in [3.8, 4) is 6.07 Å². The first-order chi connectivity index (χ1) is 9.36. The molecular weight excluding hydrogens is 256 g/mol. The smallest absolute Gasteiger partial charge is 0.331 e. The number of hydrogen-bond donors (Lipinski definition) is 1. The molecule has 0 heterocycles. The van der Waals surface area contributed by atoms with Crippen molar-refractivity contribution in [2.24, 2.45) is 0 Å². The molecule has 0 unspecified atom stereocenters. The van der Waals surface area contributed by atoms with E-state index in [0.29, 0.717) is 12.1 Å². The molecule has 1 aromatic rings. The maximum absolute atomic E-state index is 12.1. The average Bonchev–Trinajstić information content (AvgIpc) is 2.44. The highest BCUT2D eigenvalue weighted by Gasteiger charge is 2.16. The Kier molecular flexibility index (Phi) is 5.04. The van der Waals surface area contributed by atoms with Crippen LogP contribution < -0.4 is 0 Å². The summed E-state index contributed by atoms with van der Waals surface area (Å²) in [5, 5.41) is 17.7. The van der Waals surface area contributed by atoms with Crippen molar-refractivity contribution < 1.29 is 14.7 Å². The Bertz CT molecular complexity index is 612. The summed E-state index contributed by atoms with van der Waals surface area (Å²) in [5.41, 5.74) is 1.59. The highest BCUT2D eigenvalue weighted by molar-refractivity contribution is 6.01. The number of carbonyl (C=O) groups excluding carboxylic acids is 1. The molecule has 1 aromatic carbocycles. The maximum Gasteiger partial charge on any atom is 0.331 e. The van der Waals surface area contributed by atoms with E-state index in [0.717, 1.165) is 5.56 Å². The first kappa shape index (κ1) is 15.4. The zero-order valence-electron chi connectivity index (χ0n) is 11.7. The molecule has 0 aliphatic rings. The first-order valence-electron chi connectivity index (χ1n) is 6.02.